The summed E-state index contributed by atoms with van der Waals surface area (Å²) in [5, 5.41) is 0. The van der Waals surface area contributed by atoms with E-state index in [4.69, 9.17) is 0 Å². The van der Waals surface area contributed by atoms with Crippen LogP contribution in [0.4, 0.5) is 0 Å². The second-order valence-corrected chi connectivity index (χ2v) is 4.83. The van der Waals surface area contributed by atoms with E-state index in [-0.39, 0.29) is 0 Å². The fourth-order valence-electron chi connectivity index (χ4n) is 1.76. The summed E-state index contributed by atoms with van der Waals surface area (Å²) in [6.45, 7) is 11.7. The minimum atomic E-state index is 0.863. The van der Waals surface area contributed by atoms with Gasteiger partial charge in [-0.3, -0.25) is 0 Å². The van der Waals surface area contributed by atoms with E-state index in [9.17, 15) is 0 Å². The molecule has 0 amide bonds. The van der Waals surface area contributed by atoms with Gasteiger partial charge in [-0.15, -0.1) is 0 Å². The molecule has 0 fully saturated rings. The van der Waals surface area contributed by atoms with Crippen molar-refractivity contribution in [3.05, 3.63) is 0 Å². The Balaban J connectivity index is 3.43. The third kappa shape index (κ3) is 6.12. The summed E-state index contributed by atoms with van der Waals surface area (Å²) < 4.78 is 0. The molecule has 0 rings (SSSR count). The molecule has 0 bridgehead atoms. The van der Waals surface area contributed by atoms with E-state index in [1.807, 2.05) is 0 Å². The molecule has 0 aliphatic heterocycles. The van der Waals surface area contributed by atoms with Crippen LogP contribution in [-0.2, 0) is 0 Å². The van der Waals surface area contributed by atoms with E-state index in [0.29, 0.717) is 0 Å². The molecule has 0 aromatic carbocycles. The smallest absolute Gasteiger partial charge is 0.0420 e. The third-order valence-corrected chi connectivity index (χ3v) is 3.56. The molecule has 0 saturated carbocycles. The lowest BCUT2D eigenvalue weighted by Crippen LogP contribution is -2.05. The van der Waals surface area contributed by atoms with Gasteiger partial charge in [0.25, 0.3) is 0 Å². The fraction of sp³-hybridized carbons (Fsp3) is 1.00. The first-order valence-electron chi connectivity index (χ1n) is 6.11. The minimum absolute atomic E-state index is 0.863. The number of hydrogen-bond donors (Lipinski definition) is 0. The van der Waals surface area contributed by atoms with Crippen LogP contribution in [0.3, 0.4) is 0 Å². The molecule has 13 heavy (non-hydrogen) atoms. The Morgan fingerprint density at radius 1 is 0.846 bits per heavy atom. The van der Waals surface area contributed by atoms with Crippen LogP contribution in [0.2, 0.25) is 0 Å². The van der Waals surface area contributed by atoms with Gasteiger partial charge in [-0.1, -0.05) is 66.7 Å². The maximum atomic E-state index is 2.39. The molecular formula is C13H28. The van der Waals surface area contributed by atoms with E-state index in [1.54, 1.807) is 0 Å². The van der Waals surface area contributed by atoms with Crippen molar-refractivity contribution >= 4 is 0 Å². The second kappa shape index (κ2) is 7.41. The van der Waals surface area contributed by atoms with Crippen molar-refractivity contribution in [2.24, 2.45) is 17.8 Å². The maximum Gasteiger partial charge on any atom is -0.0420 e. The van der Waals surface area contributed by atoms with Crippen molar-refractivity contribution in [2.75, 3.05) is 0 Å². The van der Waals surface area contributed by atoms with Crippen molar-refractivity contribution in [1.82, 2.24) is 0 Å². The normalized spacial score (nSPS) is 14.1. The van der Waals surface area contributed by atoms with Gasteiger partial charge in [-0.05, 0) is 17.8 Å². The summed E-state index contributed by atoms with van der Waals surface area (Å²) in [6.07, 6.45) is 7.04. The zero-order valence-corrected chi connectivity index (χ0v) is 10.3. The highest BCUT2D eigenvalue weighted by Gasteiger charge is 2.08. The van der Waals surface area contributed by atoms with Crippen LogP contribution in [-0.4, -0.2) is 0 Å². The highest BCUT2D eigenvalue weighted by atomic mass is 14.1. The van der Waals surface area contributed by atoms with Crippen molar-refractivity contribution in [3.63, 3.8) is 0 Å². The largest absolute Gasteiger partial charge is 0.0651 e. The van der Waals surface area contributed by atoms with E-state index in [0.717, 1.165) is 17.8 Å². The molecule has 1 atom stereocenters. The summed E-state index contributed by atoms with van der Waals surface area (Å²) in [4.78, 5) is 0. The fourth-order valence-corrected chi connectivity index (χ4v) is 1.76. The summed E-state index contributed by atoms with van der Waals surface area (Å²) in [6, 6.07) is 0. The van der Waals surface area contributed by atoms with Gasteiger partial charge in [0.2, 0.25) is 0 Å². The zero-order chi connectivity index (χ0) is 10.3. The predicted octanol–water partition coefficient (Wildman–Crippen LogP) is 4.89. The van der Waals surface area contributed by atoms with Gasteiger partial charge in [-0.25, -0.2) is 0 Å². The Morgan fingerprint density at radius 3 is 1.77 bits per heavy atom. The van der Waals surface area contributed by atoms with E-state index < -0.39 is 0 Å². The Bertz CT molecular complexity index is 98.6. The van der Waals surface area contributed by atoms with Gasteiger partial charge >= 0.3 is 0 Å². The van der Waals surface area contributed by atoms with Gasteiger partial charge in [-0.2, -0.15) is 0 Å². The average Bonchev–Trinajstić information content (AvgIpc) is 2.12. The maximum absolute atomic E-state index is 2.39. The summed E-state index contributed by atoms with van der Waals surface area (Å²) in [5.41, 5.74) is 0. The van der Waals surface area contributed by atoms with Crippen LogP contribution in [0.15, 0.2) is 0 Å². The average molecular weight is 184 g/mol. The molecular weight excluding hydrogens is 156 g/mol. The summed E-state index contributed by atoms with van der Waals surface area (Å²) in [7, 11) is 0. The molecule has 80 valence electrons. The van der Waals surface area contributed by atoms with Crippen molar-refractivity contribution in [2.45, 2.75) is 66.7 Å². The Kier molecular flexibility index (Phi) is 7.41. The topological polar surface area (TPSA) is 0 Å². The predicted molar refractivity (Wildman–Crippen MR) is 61.9 cm³/mol. The number of rotatable bonds is 7. The summed E-state index contributed by atoms with van der Waals surface area (Å²) >= 11 is 0. The van der Waals surface area contributed by atoms with Gasteiger partial charge in [0.05, 0.1) is 0 Å². The van der Waals surface area contributed by atoms with Crippen molar-refractivity contribution < 1.29 is 0 Å². The van der Waals surface area contributed by atoms with Crippen LogP contribution in [0.5, 0.6) is 0 Å². The van der Waals surface area contributed by atoms with Crippen molar-refractivity contribution in [3.8, 4) is 0 Å². The third-order valence-electron chi connectivity index (χ3n) is 3.56. The first-order valence-corrected chi connectivity index (χ1v) is 6.11. The molecule has 1 unspecified atom stereocenters. The Labute approximate surface area is 85.1 Å². The minimum Gasteiger partial charge on any atom is -0.0651 e. The lowest BCUT2D eigenvalue weighted by Gasteiger charge is -2.17. The molecule has 0 aliphatic rings. The van der Waals surface area contributed by atoms with E-state index in [1.165, 1.54) is 32.1 Å². The quantitative estimate of drug-likeness (QED) is 0.528. The molecule has 0 radical (unpaired) electrons. The second-order valence-electron chi connectivity index (χ2n) is 4.83. The van der Waals surface area contributed by atoms with E-state index >= 15 is 0 Å². The molecule has 0 heterocycles. The first-order chi connectivity index (χ1) is 6.11. The van der Waals surface area contributed by atoms with E-state index in [2.05, 4.69) is 34.6 Å². The van der Waals surface area contributed by atoms with Gasteiger partial charge in [0.15, 0.2) is 0 Å². The molecule has 0 nitrogen and oxygen atoms in total. The molecule has 0 aromatic heterocycles. The first kappa shape index (κ1) is 13.0. The highest BCUT2D eigenvalue weighted by Crippen LogP contribution is 2.21. The lowest BCUT2D eigenvalue weighted by molar-refractivity contribution is 0.349. The van der Waals surface area contributed by atoms with Gasteiger partial charge in [0, 0.05) is 0 Å². The molecule has 0 spiro atoms. The highest BCUT2D eigenvalue weighted by molar-refractivity contribution is 4.60. The lowest BCUT2D eigenvalue weighted by atomic mass is 9.89. The van der Waals surface area contributed by atoms with Crippen LogP contribution in [0.25, 0.3) is 0 Å². The standard InChI is InChI=1S/C13H28/c1-6-13(7-2)10-8-9-12(5)11(3)4/h11-13H,6-10H2,1-5H3. The molecule has 0 N–H and O–H groups in total. The SMILES string of the molecule is CCC(CC)CCCC(C)C(C)C. The molecule has 0 saturated heterocycles. The van der Waals surface area contributed by atoms with Crippen LogP contribution in [0, 0.1) is 17.8 Å². The monoisotopic (exact) mass is 184 g/mol. The van der Waals surface area contributed by atoms with Crippen LogP contribution < -0.4 is 0 Å². The van der Waals surface area contributed by atoms with Crippen LogP contribution in [0.1, 0.15) is 66.7 Å². The van der Waals surface area contributed by atoms with Crippen LogP contribution >= 0.6 is 0 Å². The number of hydrogen-bond acceptors (Lipinski definition) is 0. The zero-order valence-electron chi connectivity index (χ0n) is 10.3. The van der Waals surface area contributed by atoms with Gasteiger partial charge < -0.3 is 0 Å². The van der Waals surface area contributed by atoms with Gasteiger partial charge in [0.1, 0.15) is 0 Å². The molecule has 0 aromatic rings. The molecule has 0 heteroatoms. The Hall–Kier alpha value is 0. The summed E-state index contributed by atoms with van der Waals surface area (Å²) in [5.74, 6) is 2.76. The van der Waals surface area contributed by atoms with Crippen molar-refractivity contribution in [1.29, 1.82) is 0 Å². The Morgan fingerprint density at radius 2 is 1.38 bits per heavy atom. The molecule has 0 aliphatic carbocycles.